The Kier molecular flexibility index (Phi) is 4.39. The summed E-state index contributed by atoms with van der Waals surface area (Å²) in [6, 6.07) is 15.3. The molecule has 0 aliphatic heterocycles. The maximum Gasteiger partial charge on any atom is 0.258 e. The van der Waals surface area contributed by atoms with Gasteiger partial charge in [-0.2, -0.15) is 0 Å². The van der Waals surface area contributed by atoms with Gasteiger partial charge in [0.1, 0.15) is 0 Å². The normalized spacial score (nSPS) is 10.9. The van der Waals surface area contributed by atoms with Crippen LogP contribution in [0.25, 0.3) is 11.0 Å². The van der Waals surface area contributed by atoms with Gasteiger partial charge in [-0.3, -0.25) is 10.1 Å². The number of hydrogen-bond acceptors (Lipinski definition) is 3. The first kappa shape index (κ1) is 15.2. The fraction of sp³-hybridized carbons (Fsp3) is 0.222. The summed E-state index contributed by atoms with van der Waals surface area (Å²) < 4.78 is 7.15. The predicted octanol–water partition coefficient (Wildman–Crippen LogP) is 3.45. The lowest BCUT2D eigenvalue weighted by Crippen LogP contribution is -2.17. The van der Waals surface area contributed by atoms with Gasteiger partial charge in [0.25, 0.3) is 5.91 Å². The summed E-state index contributed by atoms with van der Waals surface area (Å²) >= 11 is 0. The lowest BCUT2D eigenvalue weighted by molar-refractivity contribution is 0.102. The molecule has 0 bridgehead atoms. The van der Waals surface area contributed by atoms with E-state index in [9.17, 15) is 4.79 Å². The number of carbonyl (C=O) groups is 1. The lowest BCUT2D eigenvalue weighted by atomic mass is 10.1. The van der Waals surface area contributed by atoms with Gasteiger partial charge in [0.05, 0.1) is 17.6 Å². The number of methoxy groups -OCH3 is 1. The molecule has 0 fully saturated rings. The number of carbonyl (C=O) groups excluding carboxylic acids is 1. The number of aromatic nitrogens is 2. The van der Waals surface area contributed by atoms with E-state index in [1.165, 1.54) is 0 Å². The van der Waals surface area contributed by atoms with Crippen LogP contribution in [0.2, 0.25) is 0 Å². The molecular formula is C18H19N3O2. The maximum absolute atomic E-state index is 12.6. The highest BCUT2D eigenvalue weighted by atomic mass is 16.5. The highest BCUT2D eigenvalue weighted by Crippen LogP contribution is 2.20. The molecule has 1 heterocycles. The zero-order valence-corrected chi connectivity index (χ0v) is 13.2. The third-order valence-corrected chi connectivity index (χ3v) is 3.76. The van der Waals surface area contributed by atoms with Crippen molar-refractivity contribution < 1.29 is 9.53 Å². The Morgan fingerprint density at radius 3 is 2.70 bits per heavy atom. The third-order valence-electron chi connectivity index (χ3n) is 3.76. The second-order valence-electron chi connectivity index (χ2n) is 5.21. The quantitative estimate of drug-likeness (QED) is 0.785. The number of aryl methyl sites for hydroxylation is 1. The molecule has 0 aliphatic rings. The second kappa shape index (κ2) is 6.62. The van der Waals surface area contributed by atoms with Crippen molar-refractivity contribution in [2.24, 2.45) is 0 Å². The Morgan fingerprint density at radius 2 is 1.91 bits per heavy atom. The summed E-state index contributed by atoms with van der Waals surface area (Å²) in [6.07, 6.45) is 0. The molecule has 3 rings (SSSR count). The van der Waals surface area contributed by atoms with E-state index in [4.69, 9.17) is 4.74 Å². The molecule has 0 atom stereocenters. The summed E-state index contributed by atoms with van der Waals surface area (Å²) in [5, 5.41) is 2.92. The average molecular weight is 309 g/mol. The molecule has 118 valence electrons. The summed E-state index contributed by atoms with van der Waals surface area (Å²) in [5.41, 5.74) is 3.33. The first-order chi connectivity index (χ1) is 11.2. The zero-order valence-electron chi connectivity index (χ0n) is 13.2. The molecule has 0 radical (unpaired) electrons. The van der Waals surface area contributed by atoms with Crippen LogP contribution >= 0.6 is 0 Å². The van der Waals surface area contributed by atoms with Crippen molar-refractivity contribution in [2.75, 3.05) is 12.4 Å². The first-order valence-electron chi connectivity index (χ1n) is 7.58. The number of nitrogens with zero attached hydrogens (tertiary/aromatic N) is 2. The highest BCUT2D eigenvalue weighted by molar-refractivity contribution is 6.05. The fourth-order valence-electron chi connectivity index (χ4n) is 2.68. The summed E-state index contributed by atoms with van der Waals surface area (Å²) in [4.78, 5) is 17.2. The molecule has 3 aromatic rings. The molecule has 1 aromatic heterocycles. The van der Waals surface area contributed by atoms with Crippen LogP contribution in [0.4, 0.5) is 5.95 Å². The Morgan fingerprint density at radius 1 is 1.17 bits per heavy atom. The van der Waals surface area contributed by atoms with E-state index < -0.39 is 0 Å². The molecule has 1 N–H and O–H groups in total. The maximum atomic E-state index is 12.6. The lowest BCUT2D eigenvalue weighted by Gasteiger charge is -2.10. The van der Waals surface area contributed by atoms with Crippen LogP contribution < -0.4 is 5.32 Å². The Labute approximate surface area is 134 Å². The van der Waals surface area contributed by atoms with Gasteiger partial charge >= 0.3 is 0 Å². The van der Waals surface area contributed by atoms with E-state index in [1.807, 2.05) is 54.0 Å². The average Bonchev–Trinajstić information content (AvgIpc) is 2.92. The van der Waals surface area contributed by atoms with Crippen molar-refractivity contribution in [1.82, 2.24) is 9.55 Å². The molecule has 5 nitrogen and oxygen atoms in total. The van der Waals surface area contributed by atoms with Gasteiger partial charge in [-0.05, 0) is 30.7 Å². The van der Waals surface area contributed by atoms with E-state index >= 15 is 0 Å². The number of imidazole rings is 1. The number of amides is 1. The number of anilines is 1. The molecule has 0 saturated carbocycles. The van der Waals surface area contributed by atoms with Crippen molar-refractivity contribution in [1.29, 1.82) is 0 Å². The minimum absolute atomic E-state index is 0.178. The van der Waals surface area contributed by atoms with Crippen LogP contribution in [0.1, 0.15) is 22.8 Å². The highest BCUT2D eigenvalue weighted by Gasteiger charge is 2.15. The third kappa shape index (κ3) is 2.96. The van der Waals surface area contributed by atoms with Crippen LogP contribution in [0.15, 0.2) is 48.5 Å². The first-order valence-corrected chi connectivity index (χ1v) is 7.58. The Bertz CT molecular complexity index is 839. The second-order valence-corrected chi connectivity index (χ2v) is 5.21. The van der Waals surface area contributed by atoms with E-state index in [-0.39, 0.29) is 5.91 Å². The molecular weight excluding hydrogens is 290 g/mol. The van der Waals surface area contributed by atoms with E-state index in [1.54, 1.807) is 13.2 Å². The predicted molar refractivity (Wildman–Crippen MR) is 90.5 cm³/mol. The standard InChI is InChI=1S/C18H19N3O2/c1-3-21-16-11-7-6-10-15(16)19-18(21)20-17(22)14-9-5-4-8-13(14)12-23-2/h4-11H,3,12H2,1-2H3,(H,19,20,22). The topological polar surface area (TPSA) is 56.2 Å². The molecule has 23 heavy (non-hydrogen) atoms. The molecule has 0 aliphatic carbocycles. The fourth-order valence-corrected chi connectivity index (χ4v) is 2.68. The van der Waals surface area contributed by atoms with Crippen molar-refractivity contribution in [2.45, 2.75) is 20.1 Å². The summed E-state index contributed by atoms with van der Waals surface area (Å²) in [6.45, 7) is 3.16. The minimum Gasteiger partial charge on any atom is -0.380 e. The van der Waals surface area contributed by atoms with Gasteiger partial charge in [0.2, 0.25) is 5.95 Å². The van der Waals surface area contributed by atoms with E-state index in [0.717, 1.165) is 23.1 Å². The number of hydrogen-bond donors (Lipinski definition) is 1. The molecule has 1 amide bonds. The molecule has 0 unspecified atom stereocenters. The Balaban J connectivity index is 1.94. The van der Waals surface area contributed by atoms with Crippen LogP contribution in [0.5, 0.6) is 0 Å². The molecule has 0 saturated heterocycles. The smallest absolute Gasteiger partial charge is 0.258 e. The minimum atomic E-state index is -0.178. The van der Waals surface area contributed by atoms with Gasteiger partial charge in [-0.15, -0.1) is 0 Å². The van der Waals surface area contributed by atoms with Gasteiger partial charge in [0, 0.05) is 19.2 Å². The van der Waals surface area contributed by atoms with Crippen LogP contribution in [0.3, 0.4) is 0 Å². The molecule has 0 spiro atoms. The number of fused-ring (bicyclic) bond motifs is 1. The van der Waals surface area contributed by atoms with Crippen LogP contribution in [0, 0.1) is 0 Å². The number of ether oxygens (including phenoxy) is 1. The summed E-state index contributed by atoms with van der Waals surface area (Å²) in [5.74, 6) is 0.383. The SMILES string of the molecule is CCn1c(NC(=O)c2ccccc2COC)nc2ccccc21. The van der Waals surface area contributed by atoms with Gasteiger partial charge < -0.3 is 9.30 Å². The van der Waals surface area contributed by atoms with E-state index in [2.05, 4.69) is 10.3 Å². The number of rotatable bonds is 5. The van der Waals surface area contributed by atoms with Crippen molar-refractivity contribution >= 4 is 22.9 Å². The van der Waals surface area contributed by atoms with E-state index in [0.29, 0.717) is 18.1 Å². The van der Waals surface area contributed by atoms with Crippen LogP contribution in [-0.4, -0.2) is 22.6 Å². The van der Waals surface area contributed by atoms with Gasteiger partial charge in [-0.1, -0.05) is 30.3 Å². The molecule has 5 heteroatoms. The van der Waals surface area contributed by atoms with Crippen molar-refractivity contribution in [3.05, 3.63) is 59.7 Å². The zero-order chi connectivity index (χ0) is 16.2. The van der Waals surface area contributed by atoms with Crippen LogP contribution in [-0.2, 0) is 17.9 Å². The molecule has 2 aromatic carbocycles. The number of benzene rings is 2. The number of para-hydroxylation sites is 2. The monoisotopic (exact) mass is 309 g/mol. The largest absolute Gasteiger partial charge is 0.380 e. The van der Waals surface area contributed by atoms with Crippen molar-refractivity contribution in [3.8, 4) is 0 Å². The van der Waals surface area contributed by atoms with Gasteiger partial charge in [-0.25, -0.2) is 4.98 Å². The number of nitrogens with one attached hydrogen (secondary N) is 1. The van der Waals surface area contributed by atoms with Gasteiger partial charge in [0.15, 0.2) is 0 Å². The summed E-state index contributed by atoms with van der Waals surface area (Å²) in [7, 11) is 1.62. The van der Waals surface area contributed by atoms with Crippen molar-refractivity contribution in [3.63, 3.8) is 0 Å². The Hall–Kier alpha value is -2.66.